The molecule has 0 radical (unpaired) electrons. The van der Waals surface area contributed by atoms with E-state index in [-0.39, 0.29) is 16.7 Å². The third kappa shape index (κ3) is 1.24. The SMILES string of the molecule is O=c1ccoc2cc([N+](=O)[O-])ccc12. The van der Waals surface area contributed by atoms with Gasteiger partial charge in [0.1, 0.15) is 5.58 Å². The lowest BCUT2D eigenvalue weighted by Crippen LogP contribution is -1.98. The van der Waals surface area contributed by atoms with Gasteiger partial charge in [-0.1, -0.05) is 0 Å². The Bertz CT molecular complexity index is 558. The van der Waals surface area contributed by atoms with Crippen LogP contribution in [0.3, 0.4) is 0 Å². The van der Waals surface area contributed by atoms with Gasteiger partial charge in [-0.15, -0.1) is 0 Å². The van der Waals surface area contributed by atoms with Crippen molar-refractivity contribution in [2.75, 3.05) is 0 Å². The second-order valence-electron chi connectivity index (χ2n) is 2.72. The fourth-order valence-electron chi connectivity index (χ4n) is 1.18. The zero-order valence-electron chi connectivity index (χ0n) is 6.97. The summed E-state index contributed by atoms with van der Waals surface area (Å²) in [6, 6.07) is 5.17. The lowest BCUT2D eigenvalue weighted by atomic mass is 10.2. The maximum absolute atomic E-state index is 11.2. The lowest BCUT2D eigenvalue weighted by molar-refractivity contribution is -0.384. The molecule has 0 amide bonds. The minimum absolute atomic E-state index is 0.0909. The average molecular weight is 191 g/mol. The number of fused-ring (bicyclic) bond motifs is 1. The van der Waals surface area contributed by atoms with Crippen LogP contribution in [0.5, 0.6) is 0 Å². The highest BCUT2D eigenvalue weighted by atomic mass is 16.6. The summed E-state index contributed by atoms with van der Waals surface area (Å²) < 4.78 is 4.98. The normalized spacial score (nSPS) is 10.3. The van der Waals surface area contributed by atoms with Crippen LogP contribution in [0.1, 0.15) is 0 Å². The van der Waals surface area contributed by atoms with Crippen molar-refractivity contribution < 1.29 is 9.34 Å². The van der Waals surface area contributed by atoms with E-state index < -0.39 is 4.92 Å². The first-order valence-electron chi connectivity index (χ1n) is 3.84. The Labute approximate surface area is 77.7 Å². The Morgan fingerprint density at radius 3 is 2.79 bits per heavy atom. The van der Waals surface area contributed by atoms with Crippen molar-refractivity contribution in [3.63, 3.8) is 0 Å². The number of nitro benzene ring substituents is 1. The van der Waals surface area contributed by atoms with E-state index in [1.807, 2.05) is 0 Å². The van der Waals surface area contributed by atoms with Crippen molar-refractivity contribution in [1.82, 2.24) is 0 Å². The van der Waals surface area contributed by atoms with Crippen molar-refractivity contribution in [1.29, 1.82) is 0 Å². The molecule has 5 heteroatoms. The Hall–Kier alpha value is -2.17. The second-order valence-corrected chi connectivity index (χ2v) is 2.72. The van der Waals surface area contributed by atoms with Crippen LogP contribution in [-0.4, -0.2) is 4.92 Å². The summed E-state index contributed by atoms with van der Waals surface area (Å²) >= 11 is 0. The minimum Gasteiger partial charge on any atom is -0.464 e. The summed E-state index contributed by atoms with van der Waals surface area (Å²) in [7, 11) is 0. The zero-order valence-corrected chi connectivity index (χ0v) is 6.97. The summed E-state index contributed by atoms with van der Waals surface area (Å²) in [6.45, 7) is 0. The fourth-order valence-corrected chi connectivity index (χ4v) is 1.18. The average Bonchev–Trinajstić information content (AvgIpc) is 2.17. The van der Waals surface area contributed by atoms with Crippen LogP contribution in [0.4, 0.5) is 5.69 Å². The molecule has 1 heterocycles. The van der Waals surface area contributed by atoms with Crippen molar-refractivity contribution in [2.45, 2.75) is 0 Å². The highest BCUT2D eigenvalue weighted by Gasteiger charge is 2.08. The molecule has 1 aromatic carbocycles. The minimum atomic E-state index is -0.535. The van der Waals surface area contributed by atoms with E-state index in [2.05, 4.69) is 0 Å². The Morgan fingerprint density at radius 1 is 1.29 bits per heavy atom. The predicted molar refractivity (Wildman–Crippen MR) is 49.1 cm³/mol. The number of hydrogen-bond acceptors (Lipinski definition) is 4. The molecule has 0 aliphatic heterocycles. The quantitative estimate of drug-likeness (QED) is 0.507. The van der Waals surface area contributed by atoms with E-state index >= 15 is 0 Å². The first-order valence-corrected chi connectivity index (χ1v) is 3.84. The zero-order chi connectivity index (χ0) is 10.1. The third-order valence-electron chi connectivity index (χ3n) is 1.86. The molecule has 2 rings (SSSR count). The molecule has 0 saturated heterocycles. The van der Waals surface area contributed by atoms with Gasteiger partial charge in [-0.3, -0.25) is 14.9 Å². The first-order chi connectivity index (χ1) is 6.68. The van der Waals surface area contributed by atoms with E-state index in [0.717, 1.165) is 0 Å². The van der Waals surface area contributed by atoms with Crippen molar-refractivity contribution in [2.24, 2.45) is 0 Å². The van der Waals surface area contributed by atoms with E-state index in [1.165, 1.54) is 30.5 Å². The van der Waals surface area contributed by atoms with Gasteiger partial charge >= 0.3 is 0 Å². The molecule has 0 aliphatic carbocycles. The molecule has 0 saturated carbocycles. The maximum Gasteiger partial charge on any atom is 0.273 e. The van der Waals surface area contributed by atoms with Gasteiger partial charge in [-0.05, 0) is 6.07 Å². The first kappa shape index (κ1) is 8.43. The van der Waals surface area contributed by atoms with Crippen molar-refractivity contribution >= 4 is 16.7 Å². The molecule has 1 aromatic heterocycles. The van der Waals surface area contributed by atoms with Crippen molar-refractivity contribution in [3.05, 3.63) is 50.9 Å². The molecule has 0 bridgehead atoms. The number of hydrogen-bond donors (Lipinski definition) is 0. The molecular formula is C9H5NO4. The van der Waals surface area contributed by atoms with Crippen LogP contribution in [0, 0.1) is 10.1 Å². The standard InChI is InChI=1S/C9H5NO4/c11-8-3-4-14-9-5-6(10(12)13)1-2-7(8)9/h1-5H. The largest absolute Gasteiger partial charge is 0.464 e. The summed E-state index contributed by atoms with van der Waals surface area (Å²) in [5.74, 6) is 0. The van der Waals surface area contributed by atoms with Crippen LogP contribution >= 0.6 is 0 Å². The van der Waals surface area contributed by atoms with Crippen LogP contribution in [0.15, 0.2) is 39.7 Å². The molecule has 0 aliphatic rings. The topological polar surface area (TPSA) is 73.3 Å². The summed E-state index contributed by atoms with van der Waals surface area (Å²) in [4.78, 5) is 21.1. The van der Waals surface area contributed by atoms with Crippen LogP contribution in [-0.2, 0) is 0 Å². The third-order valence-corrected chi connectivity index (χ3v) is 1.86. The number of non-ortho nitro benzene ring substituents is 1. The van der Waals surface area contributed by atoms with Gasteiger partial charge in [0.05, 0.1) is 22.6 Å². The molecule has 0 atom stereocenters. The lowest BCUT2D eigenvalue weighted by Gasteiger charge is -1.94. The van der Waals surface area contributed by atoms with Gasteiger partial charge in [0.25, 0.3) is 5.69 Å². The van der Waals surface area contributed by atoms with Crippen LogP contribution in [0.2, 0.25) is 0 Å². The Balaban J connectivity index is 2.80. The van der Waals surface area contributed by atoms with E-state index in [1.54, 1.807) is 0 Å². The Morgan fingerprint density at radius 2 is 2.07 bits per heavy atom. The molecule has 2 aromatic rings. The van der Waals surface area contributed by atoms with Gasteiger partial charge in [-0.25, -0.2) is 0 Å². The maximum atomic E-state index is 11.2. The molecule has 0 N–H and O–H groups in total. The molecule has 0 unspecified atom stereocenters. The molecule has 0 fully saturated rings. The number of benzene rings is 1. The summed E-state index contributed by atoms with van der Waals surface area (Å²) in [5.41, 5.74) is -0.0697. The summed E-state index contributed by atoms with van der Waals surface area (Å²) in [5, 5.41) is 10.8. The number of nitrogens with zero attached hydrogens (tertiary/aromatic N) is 1. The van der Waals surface area contributed by atoms with Gasteiger partial charge in [-0.2, -0.15) is 0 Å². The van der Waals surface area contributed by atoms with Crippen LogP contribution in [0.25, 0.3) is 11.0 Å². The predicted octanol–water partition coefficient (Wildman–Crippen LogP) is 1.70. The monoisotopic (exact) mass is 191 g/mol. The van der Waals surface area contributed by atoms with E-state index in [9.17, 15) is 14.9 Å². The molecular weight excluding hydrogens is 186 g/mol. The molecule has 0 spiro atoms. The fraction of sp³-hybridized carbons (Fsp3) is 0. The van der Waals surface area contributed by atoms with Crippen LogP contribution < -0.4 is 5.43 Å². The Kier molecular flexibility index (Phi) is 1.78. The molecule has 70 valence electrons. The highest BCUT2D eigenvalue weighted by Crippen LogP contribution is 2.17. The number of rotatable bonds is 1. The number of nitro groups is 1. The highest BCUT2D eigenvalue weighted by molar-refractivity contribution is 5.78. The van der Waals surface area contributed by atoms with Crippen molar-refractivity contribution in [3.8, 4) is 0 Å². The molecule has 5 nitrogen and oxygen atoms in total. The smallest absolute Gasteiger partial charge is 0.273 e. The van der Waals surface area contributed by atoms with E-state index in [0.29, 0.717) is 5.39 Å². The summed E-state index contributed by atoms with van der Waals surface area (Å²) in [6.07, 6.45) is 1.22. The second kappa shape index (κ2) is 2.95. The van der Waals surface area contributed by atoms with Gasteiger partial charge in [0.2, 0.25) is 0 Å². The van der Waals surface area contributed by atoms with Gasteiger partial charge in [0.15, 0.2) is 5.43 Å². The van der Waals surface area contributed by atoms with E-state index in [4.69, 9.17) is 4.42 Å². The molecule has 14 heavy (non-hydrogen) atoms. The van der Waals surface area contributed by atoms with Gasteiger partial charge < -0.3 is 4.42 Å². The van der Waals surface area contributed by atoms with Gasteiger partial charge in [0, 0.05) is 12.1 Å².